The van der Waals surface area contributed by atoms with E-state index in [1.165, 1.54) is 12.4 Å². The highest BCUT2D eigenvalue weighted by Crippen LogP contribution is 2.34. The van der Waals surface area contributed by atoms with Gasteiger partial charge in [-0.2, -0.15) is 9.37 Å². The van der Waals surface area contributed by atoms with Crippen molar-refractivity contribution in [3.8, 4) is 11.6 Å². The molecule has 1 saturated heterocycles. The second-order valence-corrected chi connectivity index (χ2v) is 9.47. The first-order valence-corrected chi connectivity index (χ1v) is 12.1. The topological polar surface area (TPSA) is 58.5 Å². The van der Waals surface area contributed by atoms with Gasteiger partial charge in [0.05, 0.1) is 5.52 Å². The number of hydrogen-bond donors (Lipinski definition) is 1. The molecule has 1 aliphatic rings. The summed E-state index contributed by atoms with van der Waals surface area (Å²) in [5.74, 6) is -1.84. The molecule has 2 aromatic carbocycles. The summed E-state index contributed by atoms with van der Waals surface area (Å²) in [6.07, 6.45) is 1.19. The number of piperazine rings is 1. The molecule has 0 spiro atoms. The number of ether oxygens (including phenoxy) is 1. The van der Waals surface area contributed by atoms with Crippen LogP contribution in [0, 0.1) is 18.6 Å². The summed E-state index contributed by atoms with van der Waals surface area (Å²) in [5.41, 5.74) is 3.50. The second-order valence-electron chi connectivity index (χ2n) is 9.47. The normalized spacial score (nSPS) is 14.6. The predicted molar refractivity (Wildman–Crippen MR) is 139 cm³/mol. The van der Waals surface area contributed by atoms with Crippen molar-refractivity contribution >= 4 is 28.1 Å². The van der Waals surface area contributed by atoms with Crippen molar-refractivity contribution in [3.63, 3.8) is 0 Å². The molecule has 3 heterocycles. The Hall–Kier alpha value is -3.72. The Morgan fingerprint density at radius 3 is 2.36 bits per heavy atom. The largest absolute Gasteiger partial charge is 0.433 e. The number of fused-ring (bicyclic) bond motifs is 1. The molecule has 9 heteroatoms. The number of likely N-dealkylation sites (N-methyl/N-ethyl adjacent to an activating group) is 1. The highest BCUT2D eigenvalue weighted by Gasteiger charge is 2.20. The Labute approximate surface area is 209 Å². The van der Waals surface area contributed by atoms with Crippen molar-refractivity contribution in [2.45, 2.75) is 26.8 Å². The summed E-state index contributed by atoms with van der Waals surface area (Å²) in [4.78, 5) is 12.5. The van der Waals surface area contributed by atoms with Gasteiger partial charge in [0.25, 0.3) is 5.88 Å². The Bertz CT molecular complexity index is 1380. The highest BCUT2D eigenvalue weighted by atomic mass is 19.1. The Kier molecular flexibility index (Phi) is 6.49. The minimum Gasteiger partial charge on any atom is -0.433 e. The minimum atomic E-state index is -0.795. The van der Waals surface area contributed by atoms with E-state index in [0.29, 0.717) is 11.1 Å². The quantitative estimate of drug-likeness (QED) is 0.362. The zero-order valence-electron chi connectivity index (χ0n) is 20.9. The number of aryl methyl sites for hydroxylation is 1. The van der Waals surface area contributed by atoms with Gasteiger partial charge in [-0.1, -0.05) is 0 Å². The van der Waals surface area contributed by atoms with E-state index < -0.39 is 11.6 Å². The van der Waals surface area contributed by atoms with E-state index in [1.54, 1.807) is 12.1 Å². The summed E-state index contributed by atoms with van der Waals surface area (Å²) in [6, 6.07) is 13.0. The van der Waals surface area contributed by atoms with Crippen LogP contribution in [0.3, 0.4) is 0 Å². The maximum Gasteiger partial charge on any atom is 0.261 e. The van der Waals surface area contributed by atoms with Gasteiger partial charge in [-0.25, -0.2) is 9.37 Å². The summed E-state index contributed by atoms with van der Waals surface area (Å²) in [7, 11) is 2.12. The number of benzene rings is 2. The summed E-state index contributed by atoms with van der Waals surface area (Å²) < 4.78 is 38.1. The lowest BCUT2D eigenvalue weighted by molar-refractivity contribution is 0.313. The van der Waals surface area contributed by atoms with E-state index in [1.807, 2.05) is 49.6 Å². The highest BCUT2D eigenvalue weighted by molar-refractivity contribution is 5.84. The third-order valence-corrected chi connectivity index (χ3v) is 6.59. The van der Waals surface area contributed by atoms with Crippen molar-refractivity contribution in [2.24, 2.45) is 0 Å². The van der Waals surface area contributed by atoms with Crippen LogP contribution in [-0.2, 0) is 0 Å². The van der Waals surface area contributed by atoms with E-state index in [2.05, 4.69) is 32.1 Å². The molecule has 1 aliphatic heterocycles. The van der Waals surface area contributed by atoms with Gasteiger partial charge in [0.15, 0.2) is 17.4 Å². The summed E-state index contributed by atoms with van der Waals surface area (Å²) in [5, 5.41) is 3.40. The lowest BCUT2D eigenvalue weighted by Gasteiger charge is -2.34. The van der Waals surface area contributed by atoms with Crippen molar-refractivity contribution in [3.05, 3.63) is 66.1 Å². The predicted octanol–water partition coefficient (Wildman–Crippen LogP) is 5.89. The van der Waals surface area contributed by atoms with Crippen LogP contribution in [0.25, 0.3) is 10.9 Å². The lowest BCUT2D eigenvalue weighted by Crippen LogP contribution is -2.44. The van der Waals surface area contributed by atoms with Crippen LogP contribution < -0.4 is 15.0 Å². The standard InChI is InChI=1S/C27H30F2N6O/c1-17(2)35-18(3)15-21-22(35)9-10-23(24(21)28)36-27-25(29)26(30-16-31-27)32-19-5-7-20(8-6-19)34-13-11-33(4)12-14-34/h5-10,15-17H,11-14H2,1-4H3,(H,30,31,32). The van der Waals surface area contributed by atoms with Crippen molar-refractivity contribution < 1.29 is 13.5 Å². The van der Waals surface area contributed by atoms with Gasteiger partial charge < -0.3 is 24.4 Å². The van der Waals surface area contributed by atoms with Gasteiger partial charge in [0.2, 0.25) is 5.82 Å². The van der Waals surface area contributed by atoms with E-state index in [0.717, 1.165) is 43.1 Å². The maximum absolute atomic E-state index is 15.3. The molecule has 0 aliphatic carbocycles. The molecule has 2 aromatic heterocycles. The zero-order valence-corrected chi connectivity index (χ0v) is 20.9. The van der Waals surface area contributed by atoms with Gasteiger partial charge in [-0.3, -0.25) is 0 Å². The molecule has 0 saturated carbocycles. The van der Waals surface area contributed by atoms with E-state index >= 15 is 8.78 Å². The molecule has 4 aromatic rings. The average molecular weight is 493 g/mol. The number of nitrogens with zero attached hydrogens (tertiary/aromatic N) is 5. The number of nitrogens with one attached hydrogen (secondary N) is 1. The Balaban J connectivity index is 1.35. The number of halogens is 2. The number of aromatic nitrogens is 3. The molecular weight excluding hydrogens is 462 g/mol. The number of rotatable bonds is 6. The number of hydrogen-bond acceptors (Lipinski definition) is 6. The first-order valence-electron chi connectivity index (χ1n) is 12.1. The van der Waals surface area contributed by atoms with Crippen LogP contribution in [0.1, 0.15) is 25.6 Å². The first kappa shape index (κ1) is 24.0. The zero-order chi connectivity index (χ0) is 25.4. The molecule has 0 unspecified atom stereocenters. The lowest BCUT2D eigenvalue weighted by atomic mass is 10.2. The Morgan fingerprint density at radius 1 is 0.944 bits per heavy atom. The van der Waals surface area contributed by atoms with Crippen LogP contribution in [0.5, 0.6) is 11.6 Å². The fourth-order valence-corrected chi connectivity index (χ4v) is 4.72. The third kappa shape index (κ3) is 4.58. The van der Waals surface area contributed by atoms with Crippen LogP contribution in [0.2, 0.25) is 0 Å². The van der Waals surface area contributed by atoms with Crippen LogP contribution >= 0.6 is 0 Å². The van der Waals surface area contributed by atoms with E-state index in [-0.39, 0.29) is 23.5 Å². The summed E-state index contributed by atoms with van der Waals surface area (Å²) >= 11 is 0. The van der Waals surface area contributed by atoms with Crippen LogP contribution in [-0.4, -0.2) is 52.7 Å². The van der Waals surface area contributed by atoms with Crippen molar-refractivity contribution in [1.29, 1.82) is 0 Å². The second kappa shape index (κ2) is 9.73. The number of anilines is 3. The molecule has 1 N–H and O–H groups in total. The van der Waals surface area contributed by atoms with Crippen molar-refractivity contribution in [2.75, 3.05) is 43.4 Å². The molecular formula is C27H30F2N6O. The maximum atomic E-state index is 15.3. The monoisotopic (exact) mass is 492 g/mol. The van der Waals surface area contributed by atoms with Gasteiger partial charge in [-0.15, -0.1) is 0 Å². The van der Waals surface area contributed by atoms with Gasteiger partial charge in [0, 0.05) is 54.7 Å². The first-order chi connectivity index (χ1) is 17.3. The minimum absolute atomic E-state index is 0.0457. The molecule has 36 heavy (non-hydrogen) atoms. The SMILES string of the molecule is Cc1cc2c(F)c(Oc3ncnc(Nc4ccc(N5CCN(C)CC5)cc4)c3F)ccc2n1C(C)C. The van der Waals surface area contributed by atoms with E-state index in [9.17, 15) is 0 Å². The van der Waals surface area contributed by atoms with E-state index in [4.69, 9.17) is 4.74 Å². The summed E-state index contributed by atoms with van der Waals surface area (Å²) in [6.45, 7) is 9.99. The molecule has 0 atom stereocenters. The smallest absolute Gasteiger partial charge is 0.261 e. The molecule has 188 valence electrons. The van der Waals surface area contributed by atoms with Gasteiger partial charge >= 0.3 is 0 Å². The van der Waals surface area contributed by atoms with Crippen molar-refractivity contribution in [1.82, 2.24) is 19.4 Å². The van der Waals surface area contributed by atoms with Crippen LogP contribution in [0.4, 0.5) is 26.0 Å². The average Bonchev–Trinajstić information content (AvgIpc) is 3.21. The molecule has 1 fully saturated rings. The molecule has 0 amide bonds. The molecule has 5 rings (SSSR count). The van der Waals surface area contributed by atoms with Crippen LogP contribution in [0.15, 0.2) is 48.8 Å². The Morgan fingerprint density at radius 2 is 1.67 bits per heavy atom. The van der Waals surface area contributed by atoms with Gasteiger partial charge in [0.1, 0.15) is 6.33 Å². The molecule has 7 nitrogen and oxygen atoms in total. The molecule has 0 bridgehead atoms. The van der Waals surface area contributed by atoms with Gasteiger partial charge in [-0.05, 0) is 70.3 Å². The fourth-order valence-electron chi connectivity index (χ4n) is 4.72. The third-order valence-electron chi connectivity index (χ3n) is 6.59. The molecule has 0 radical (unpaired) electrons. The fraction of sp³-hybridized carbons (Fsp3) is 0.333.